The van der Waals surface area contributed by atoms with Crippen molar-refractivity contribution >= 4 is 5.91 Å². The zero-order valence-electron chi connectivity index (χ0n) is 12.9. The molecule has 0 spiro atoms. The van der Waals surface area contributed by atoms with Crippen molar-refractivity contribution in [2.24, 2.45) is 0 Å². The van der Waals surface area contributed by atoms with Crippen LogP contribution in [0.2, 0.25) is 0 Å². The number of rotatable bonds is 5. The molecule has 0 radical (unpaired) electrons. The van der Waals surface area contributed by atoms with Gasteiger partial charge in [-0.25, -0.2) is 4.39 Å². The lowest BCUT2D eigenvalue weighted by Crippen LogP contribution is -2.40. The number of nitrogens with one attached hydrogen (secondary N) is 1. The number of piperidine rings is 1. The number of carbonyl (C=O) groups is 1. The summed E-state index contributed by atoms with van der Waals surface area (Å²) >= 11 is 0. The van der Waals surface area contributed by atoms with Crippen molar-refractivity contribution in [3.63, 3.8) is 0 Å². The first-order valence-electron chi connectivity index (χ1n) is 7.92. The Balaban J connectivity index is 1.72. The van der Waals surface area contributed by atoms with Gasteiger partial charge in [0, 0.05) is 12.6 Å². The van der Waals surface area contributed by atoms with Gasteiger partial charge < -0.3 is 9.84 Å². The molecule has 1 aliphatic heterocycles. The van der Waals surface area contributed by atoms with Gasteiger partial charge in [-0.2, -0.15) is 0 Å². The Labute approximate surface area is 134 Å². The average molecular weight is 317 g/mol. The summed E-state index contributed by atoms with van der Waals surface area (Å²) in [4.78, 5) is 14.4. The number of carbonyl (C=O) groups excluding carboxylic acids is 1. The number of halogens is 1. The Hall–Kier alpha value is -2.21. The van der Waals surface area contributed by atoms with E-state index >= 15 is 0 Å². The second kappa shape index (κ2) is 7.37. The summed E-state index contributed by atoms with van der Waals surface area (Å²) in [7, 11) is 0. The van der Waals surface area contributed by atoms with Crippen LogP contribution in [0.5, 0.6) is 0 Å². The molecule has 1 amide bonds. The summed E-state index contributed by atoms with van der Waals surface area (Å²) < 4.78 is 17.9. The van der Waals surface area contributed by atoms with Gasteiger partial charge in [-0.15, -0.1) is 0 Å². The fourth-order valence-electron chi connectivity index (χ4n) is 2.98. The minimum atomic E-state index is -0.261. The molecule has 122 valence electrons. The highest BCUT2D eigenvalue weighted by molar-refractivity contribution is 5.91. The van der Waals surface area contributed by atoms with Gasteiger partial charge in [0.1, 0.15) is 12.1 Å². The molecule has 3 rings (SSSR count). The number of hydrogen-bond acceptors (Lipinski definition) is 4. The van der Waals surface area contributed by atoms with Crippen LogP contribution in [0.4, 0.5) is 4.39 Å². The molecule has 0 bridgehead atoms. The van der Waals surface area contributed by atoms with Gasteiger partial charge in [-0.1, -0.05) is 23.7 Å². The molecule has 0 saturated carbocycles. The van der Waals surface area contributed by atoms with Gasteiger partial charge in [0.15, 0.2) is 5.69 Å². The van der Waals surface area contributed by atoms with E-state index in [1.165, 1.54) is 30.9 Å². The van der Waals surface area contributed by atoms with Crippen LogP contribution in [0.15, 0.2) is 41.1 Å². The average Bonchev–Trinajstić information content (AvgIpc) is 3.12. The van der Waals surface area contributed by atoms with E-state index in [0.717, 1.165) is 31.5 Å². The molecular weight excluding hydrogens is 297 g/mol. The van der Waals surface area contributed by atoms with E-state index in [1.807, 2.05) is 0 Å². The summed E-state index contributed by atoms with van der Waals surface area (Å²) in [5, 5.41) is 6.54. The maximum absolute atomic E-state index is 13.2. The van der Waals surface area contributed by atoms with Crippen LogP contribution >= 0.6 is 0 Å². The van der Waals surface area contributed by atoms with Crippen LogP contribution in [0.3, 0.4) is 0 Å². The van der Waals surface area contributed by atoms with Gasteiger partial charge in [0.2, 0.25) is 0 Å². The highest BCUT2D eigenvalue weighted by Crippen LogP contribution is 2.24. The Morgan fingerprint density at radius 3 is 2.61 bits per heavy atom. The Kier molecular flexibility index (Phi) is 5.02. The molecule has 1 fully saturated rings. The molecule has 23 heavy (non-hydrogen) atoms. The molecule has 2 heterocycles. The van der Waals surface area contributed by atoms with E-state index in [0.29, 0.717) is 6.54 Å². The van der Waals surface area contributed by atoms with Crippen molar-refractivity contribution in [2.45, 2.75) is 25.3 Å². The van der Waals surface area contributed by atoms with Crippen LogP contribution < -0.4 is 5.32 Å². The summed E-state index contributed by atoms with van der Waals surface area (Å²) in [5.74, 6) is -0.513. The zero-order valence-corrected chi connectivity index (χ0v) is 12.9. The van der Waals surface area contributed by atoms with E-state index in [1.54, 1.807) is 12.1 Å². The van der Waals surface area contributed by atoms with Crippen LogP contribution in [-0.2, 0) is 0 Å². The highest BCUT2D eigenvalue weighted by Gasteiger charge is 2.23. The molecule has 0 unspecified atom stereocenters. The Morgan fingerprint density at radius 2 is 1.96 bits per heavy atom. The van der Waals surface area contributed by atoms with E-state index < -0.39 is 0 Å². The summed E-state index contributed by atoms with van der Waals surface area (Å²) in [6, 6.07) is 8.07. The van der Waals surface area contributed by atoms with Crippen LogP contribution in [0.25, 0.3) is 0 Å². The standard InChI is InChI=1S/C17H20FN3O2/c18-14-6-4-13(5-7-14)16(21-9-2-1-3-10-21)12-19-17(22)15-8-11-23-20-15/h4-8,11,16H,1-3,9-10,12H2,(H,19,22)/t16-/m0/s1. The Morgan fingerprint density at radius 1 is 1.22 bits per heavy atom. The van der Waals surface area contributed by atoms with Gasteiger partial charge in [0.05, 0.1) is 6.04 Å². The molecule has 1 saturated heterocycles. The maximum Gasteiger partial charge on any atom is 0.273 e. The number of likely N-dealkylation sites (tertiary alicyclic amines) is 1. The van der Waals surface area contributed by atoms with Crippen molar-refractivity contribution in [2.75, 3.05) is 19.6 Å². The lowest BCUT2D eigenvalue weighted by molar-refractivity contribution is 0.0915. The van der Waals surface area contributed by atoms with E-state index in [-0.39, 0.29) is 23.5 Å². The minimum Gasteiger partial charge on any atom is -0.364 e. The summed E-state index contributed by atoms with van der Waals surface area (Å²) in [5.41, 5.74) is 1.27. The van der Waals surface area contributed by atoms with E-state index in [4.69, 9.17) is 4.52 Å². The second-order valence-corrected chi connectivity index (χ2v) is 5.76. The van der Waals surface area contributed by atoms with Crippen LogP contribution in [0.1, 0.15) is 41.4 Å². The summed E-state index contributed by atoms with van der Waals surface area (Å²) in [6.07, 6.45) is 4.90. The van der Waals surface area contributed by atoms with Crippen molar-refractivity contribution < 1.29 is 13.7 Å². The predicted octanol–water partition coefficient (Wildman–Crippen LogP) is 2.77. The van der Waals surface area contributed by atoms with E-state index in [2.05, 4.69) is 15.4 Å². The quantitative estimate of drug-likeness (QED) is 0.921. The third-order valence-corrected chi connectivity index (χ3v) is 4.21. The fraction of sp³-hybridized carbons (Fsp3) is 0.412. The summed E-state index contributed by atoms with van der Waals surface area (Å²) in [6.45, 7) is 2.43. The molecule has 1 aromatic carbocycles. The normalized spacial score (nSPS) is 16.9. The smallest absolute Gasteiger partial charge is 0.273 e. The maximum atomic E-state index is 13.2. The van der Waals surface area contributed by atoms with Gasteiger partial charge in [-0.3, -0.25) is 9.69 Å². The largest absolute Gasteiger partial charge is 0.364 e. The second-order valence-electron chi connectivity index (χ2n) is 5.76. The number of aromatic nitrogens is 1. The number of nitrogens with zero attached hydrogens (tertiary/aromatic N) is 2. The number of benzene rings is 1. The lowest BCUT2D eigenvalue weighted by Gasteiger charge is -2.35. The van der Waals surface area contributed by atoms with Crippen molar-refractivity contribution in [3.8, 4) is 0 Å². The van der Waals surface area contributed by atoms with Crippen molar-refractivity contribution in [1.82, 2.24) is 15.4 Å². The minimum absolute atomic E-state index is 0.0340. The van der Waals surface area contributed by atoms with Crippen LogP contribution in [-0.4, -0.2) is 35.6 Å². The zero-order chi connectivity index (χ0) is 16.1. The third-order valence-electron chi connectivity index (χ3n) is 4.21. The third kappa shape index (κ3) is 3.96. The molecule has 6 heteroatoms. The van der Waals surface area contributed by atoms with Gasteiger partial charge in [0.25, 0.3) is 5.91 Å². The topological polar surface area (TPSA) is 58.4 Å². The molecule has 1 aromatic heterocycles. The van der Waals surface area contributed by atoms with Crippen molar-refractivity contribution in [1.29, 1.82) is 0 Å². The molecule has 1 N–H and O–H groups in total. The fourth-order valence-corrected chi connectivity index (χ4v) is 2.98. The van der Waals surface area contributed by atoms with Crippen LogP contribution in [0, 0.1) is 5.82 Å². The van der Waals surface area contributed by atoms with E-state index in [9.17, 15) is 9.18 Å². The lowest BCUT2D eigenvalue weighted by atomic mass is 10.0. The molecule has 0 aliphatic carbocycles. The molecule has 1 aliphatic rings. The first-order chi connectivity index (χ1) is 11.2. The molecular formula is C17H20FN3O2. The first kappa shape index (κ1) is 15.7. The predicted molar refractivity (Wildman–Crippen MR) is 83.4 cm³/mol. The van der Waals surface area contributed by atoms with Crippen molar-refractivity contribution in [3.05, 3.63) is 53.7 Å². The highest BCUT2D eigenvalue weighted by atomic mass is 19.1. The molecule has 1 atom stereocenters. The molecule has 5 nitrogen and oxygen atoms in total. The molecule has 2 aromatic rings. The van der Waals surface area contributed by atoms with Gasteiger partial charge in [-0.05, 0) is 43.6 Å². The number of hydrogen-bond donors (Lipinski definition) is 1. The Bertz CT molecular complexity index is 622. The van der Waals surface area contributed by atoms with Gasteiger partial charge >= 0.3 is 0 Å². The monoisotopic (exact) mass is 317 g/mol. The SMILES string of the molecule is O=C(NC[C@@H](c1ccc(F)cc1)N1CCCCC1)c1ccon1. The number of amides is 1. The first-order valence-corrected chi connectivity index (χ1v) is 7.92.